The highest BCUT2D eigenvalue weighted by molar-refractivity contribution is 5.95. The first kappa shape index (κ1) is 10.8. The van der Waals surface area contributed by atoms with Gasteiger partial charge in [-0.2, -0.15) is 0 Å². The number of carbonyl (C=O) groups is 1. The van der Waals surface area contributed by atoms with E-state index in [1.165, 1.54) is 24.0 Å². The van der Waals surface area contributed by atoms with Crippen molar-refractivity contribution in [2.24, 2.45) is 5.92 Å². The number of benzene rings is 1. The molecule has 1 aliphatic carbocycles. The van der Waals surface area contributed by atoms with Crippen LogP contribution in [0.2, 0.25) is 0 Å². The van der Waals surface area contributed by atoms with Crippen molar-refractivity contribution in [3.05, 3.63) is 29.3 Å². The van der Waals surface area contributed by atoms with E-state index in [1.54, 1.807) is 0 Å². The molecule has 1 aliphatic heterocycles. The van der Waals surface area contributed by atoms with Crippen LogP contribution in [-0.4, -0.2) is 24.2 Å². The number of amides is 1. The van der Waals surface area contributed by atoms with Crippen LogP contribution in [0.1, 0.15) is 24.0 Å². The molecule has 0 aromatic heterocycles. The Balaban J connectivity index is 1.87. The molecular formula is C14H17NO2. The molecule has 3 nitrogen and oxygen atoms in total. The topological polar surface area (TPSA) is 40.5 Å². The van der Waals surface area contributed by atoms with Gasteiger partial charge in [0.25, 0.3) is 0 Å². The number of nitrogens with zero attached hydrogens (tertiary/aromatic N) is 1. The highest BCUT2D eigenvalue weighted by Crippen LogP contribution is 2.30. The average molecular weight is 231 g/mol. The number of aliphatic hydroxyl groups is 1. The molecule has 1 aromatic carbocycles. The molecule has 3 rings (SSSR count). The third-order valence-corrected chi connectivity index (χ3v) is 3.86. The van der Waals surface area contributed by atoms with Gasteiger partial charge in [-0.05, 0) is 42.5 Å². The first-order valence-corrected chi connectivity index (χ1v) is 6.31. The highest BCUT2D eigenvalue weighted by Gasteiger charge is 2.30. The Morgan fingerprint density at radius 1 is 1.29 bits per heavy atom. The quantitative estimate of drug-likeness (QED) is 0.838. The van der Waals surface area contributed by atoms with Crippen LogP contribution in [0.15, 0.2) is 18.2 Å². The lowest BCUT2D eigenvalue weighted by molar-refractivity contribution is -0.117. The van der Waals surface area contributed by atoms with E-state index in [-0.39, 0.29) is 18.4 Å². The summed E-state index contributed by atoms with van der Waals surface area (Å²) in [6.07, 6.45) is 4.01. The molecule has 1 N–H and O–H groups in total. The zero-order valence-electron chi connectivity index (χ0n) is 9.85. The van der Waals surface area contributed by atoms with Gasteiger partial charge in [-0.3, -0.25) is 4.79 Å². The summed E-state index contributed by atoms with van der Waals surface area (Å²) in [5.41, 5.74) is 3.83. The van der Waals surface area contributed by atoms with Crippen LogP contribution in [0.25, 0.3) is 0 Å². The van der Waals surface area contributed by atoms with Crippen LogP contribution >= 0.6 is 0 Å². The standard InChI is InChI=1S/C14H17NO2/c16-9-10-6-14(17)15(8-10)13-5-4-11-2-1-3-12(11)7-13/h4-5,7,10,16H,1-3,6,8-9H2. The number of hydrogen-bond acceptors (Lipinski definition) is 2. The minimum absolute atomic E-state index is 0.104. The monoisotopic (exact) mass is 231 g/mol. The van der Waals surface area contributed by atoms with E-state index in [0.717, 1.165) is 12.1 Å². The third kappa shape index (κ3) is 1.84. The van der Waals surface area contributed by atoms with E-state index in [4.69, 9.17) is 5.11 Å². The summed E-state index contributed by atoms with van der Waals surface area (Å²) in [7, 11) is 0. The van der Waals surface area contributed by atoms with Gasteiger partial charge >= 0.3 is 0 Å². The van der Waals surface area contributed by atoms with Crippen molar-refractivity contribution in [2.45, 2.75) is 25.7 Å². The highest BCUT2D eigenvalue weighted by atomic mass is 16.3. The maximum absolute atomic E-state index is 11.9. The summed E-state index contributed by atoms with van der Waals surface area (Å²) in [5, 5.41) is 9.12. The largest absolute Gasteiger partial charge is 0.396 e. The number of aliphatic hydroxyl groups excluding tert-OH is 1. The number of rotatable bonds is 2. The van der Waals surface area contributed by atoms with Crippen molar-refractivity contribution in [2.75, 3.05) is 18.1 Å². The zero-order chi connectivity index (χ0) is 11.8. The molecule has 90 valence electrons. The first-order chi connectivity index (χ1) is 8.28. The summed E-state index contributed by atoms with van der Waals surface area (Å²) >= 11 is 0. The predicted molar refractivity (Wildman–Crippen MR) is 66.0 cm³/mol. The smallest absolute Gasteiger partial charge is 0.227 e. The van der Waals surface area contributed by atoms with Crippen LogP contribution in [0.5, 0.6) is 0 Å². The van der Waals surface area contributed by atoms with E-state index >= 15 is 0 Å². The van der Waals surface area contributed by atoms with Crippen molar-refractivity contribution in [3.8, 4) is 0 Å². The van der Waals surface area contributed by atoms with Crippen molar-refractivity contribution >= 4 is 11.6 Å². The molecule has 0 spiro atoms. The fourth-order valence-corrected chi connectivity index (χ4v) is 2.88. The van der Waals surface area contributed by atoms with Gasteiger partial charge in [-0.1, -0.05) is 6.07 Å². The first-order valence-electron chi connectivity index (χ1n) is 6.31. The number of hydrogen-bond donors (Lipinski definition) is 1. The van der Waals surface area contributed by atoms with Gasteiger partial charge in [0.2, 0.25) is 5.91 Å². The summed E-state index contributed by atoms with van der Waals surface area (Å²) in [6.45, 7) is 0.765. The summed E-state index contributed by atoms with van der Waals surface area (Å²) in [4.78, 5) is 13.7. The second kappa shape index (κ2) is 4.15. The molecule has 1 amide bonds. The molecule has 1 aromatic rings. The molecule has 17 heavy (non-hydrogen) atoms. The van der Waals surface area contributed by atoms with E-state index < -0.39 is 0 Å². The van der Waals surface area contributed by atoms with E-state index in [1.807, 2.05) is 11.0 Å². The normalized spacial score (nSPS) is 23.2. The van der Waals surface area contributed by atoms with Crippen LogP contribution in [0, 0.1) is 5.92 Å². The summed E-state index contributed by atoms with van der Waals surface area (Å²) in [5.74, 6) is 0.248. The lowest BCUT2D eigenvalue weighted by Crippen LogP contribution is -2.24. The lowest BCUT2D eigenvalue weighted by Gasteiger charge is -2.17. The SMILES string of the molecule is O=C1CC(CO)CN1c1ccc2c(c1)CCC2. The van der Waals surface area contributed by atoms with Crippen LogP contribution in [0.3, 0.4) is 0 Å². The molecule has 2 aliphatic rings. The average Bonchev–Trinajstić information content (AvgIpc) is 2.93. The summed E-state index contributed by atoms with van der Waals surface area (Å²) in [6, 6.07) is 6.35. The maximum Gasteiger partial charge on any atom is 0.227 e. The Morgan fingerprint density at radius 2 is 2.12 bits per heavy atom. The Hall–Kier alpha value is -1.35. The second-order valence-electron chi connectivity index (χ2n) is 5.06. The number of anilines is 1. The molecule has 1 unspecified atom stereocenters. The van der Waals surface area contributed by atoms with Crippen molar-refractivity contribution < 1.29 is 9.90 Å². The molecule has 0 bridgehead atoms. The van der Waals surface area contributed by atoms with Gasteiger partial charge in [0.05, 0.1) is 0 Å². The van der Waals surface area contributed by atoms with Crippen LogP contribution in [0.4, 0.5) is 5.69 Å². The summed E-state index contributed by atoms with van der Waals surface area (Å²) < 4.78 is 0. The van der Waals surface area contributed by atoms with Crippen LogP contribution in [-0.2, 0) is 17.6 Å². The number of fused-ring (bicyclic) bond motifs is 1. The molecular weight excluding hydrogens is 214 g/mol. The van der Waals surface area contributed by atoms with E-state index in [9.17, 15) is 4.79 Å². The van der Waals surface area contributed by atoms with Gasteiger partial charge in [0, 0.05) is 31.2 Å². The molecule has 0 saturated carbocycles. The van der Waals surface area contributed by atoms with E-state index in [0.29, 0.717) is 13.0 Å². The van der Waals surface area contributed by atoms with Gasteiger partial charge in [-0.25, -0.2) is 0 Å². The van der Waals surface area contributed by atoms with Gasteiger partial charge in [0.15, 0.2) is 0 Å². The number of carbonyl (C=O) groups excluding carboxylic acids is 1. The fraction of sp³-hybridized carbons (Fsp3) is 0.500. The van der Waals surface area contributed by atoms with Gasteiger partial charge in [-0.15, -0.1) is 0 Å². The fourth-order valence-electron chi connectivity index (χ4n) is 2.88. The second-order valence-corrected chi connectivity index (χ2v) is 5.06. The number of aryl methyl sites for hydroxylation is 2. The van der Waals surface area contributed by atoms with Crippen molar-refractivity contribution in [1.29, 1.82) is 0 Å². The Kier molecular flexibility index (Phi) is 2.63. The Bertz CT molecular complexity index is 456. The third-order valence-electron chi connectivity index (χ3n) is 3.86. The van der Waals surface area contributed by atoms with Gasteiger partial charge in [0.1, 0.15) is 0 Å². The molecule has 1 heterocycles. The minimum Gasteiger partial charge on any atom is -0.396 e. The van der Waals surface area contributed by atoms with Crippen LogP contribution < -0.4 is 4.90 Å². The molecule has 1 saturated heterocycles. The molecule has 1 atom stereocenters. The Labute approximate surface area is 101 Å². The molecule has 0 radical (unpaired) electrons. The van der Waals surface area contributed by atoms with Crippen molar-refractivity contribution in [3.63, 3.8) is 0 Å². The minimum atomic E-state index is 0.104. The Morgan fingerprint density at radius 3 is 2.88 bits per heavy atom. The molecule has 3 heteroatoms. The zero-order valence-corrected chi connectivity index (χ0v) is 9.85. The molecule has 1 fully saturated rings. The maximum atomic E-state index is 11.9. The lowest BCUT2D eigenvalue weighted by atomic mass is 10.1. The van der Waals surface area contributed by atoms with E-state index in [2.05, 4.69) is 12.1 Å². The van der Waals surface area contributed by atoms with Crippen molar-refractivity contribution in [1.82, 2.24) is 0 Å². The predicted octanol–water partition coefficient (Wildman–Crippen LogP) is 1.52. The van der Waals surface area contributed by atoms with Gasteiger partial charge < -0.3 is 10.0 Å².